The van der Waals surface area contributed by atoms with Crippen LogP contribution in [0.25, 0.3) is 0 Å². The molecular weight excluding hydrogens is 239 g/mol. The van der Waals surface area contributed by atoms with Gasteiger partial charge in [0.15, 0.2) is 0 Å². The van der Waals surface area contributed by atoms with E-state index in [-0.39, 0.29) is 16.1 Å². The summed E-state index contributed by atoms with van der Waals surface area (Å²) in [5, 5.41) is 3.18. The molecule has 0 spiro atoms. The van der Waals surface area contributed by atoms with Gasteiger partial charge < -0.3 is 15.8 Å². The van der Waals surface area contributed by atoms with E-state index in [9.17, 15) is 4.39 Å². The molecule has 3 N–H and O–H groups in total. The van der Waals surface area contributed by atoms with Gasteiger partial charge in [-0.1, -0.05) is 18.3 Å². The molecule has 0 heterocycles. The highest BCUT2D eigenvalue weighted by Gasteiger charge is 2.20. The van der Waals surface area contributed by atoms with E-state index < -0.39 is 5.82 Å². The molecule has 0 fully saturated rings. The molecule has 0 saturated heterocycles. The van der Waals surface area contributed by atoms with Crippen LogP contribution in [-0.4, -0.2) is 24.2 Å². The molecule has 0 bridgehead atoms. The summed E-state index contributed by atoms with van der Waals surface area (Å²) >= 11 is 4.86. The highest BCUT2D eigenvalue weighted by atomic mass is 32.1. The summed E-state index contributed by atoms with van der Waals surface area (Å²) in [5.74, 6) is -0.421. The molecule has 0 saturated carbocycles. The third-order valence-corrected chi connectivity index (χ3v) is 2.44. The average molecular weight is 256 g/mol. The Kier molecular flexibility index (Phi) is 4.42. The van der Waals surface area contributed by atoms with E-state index in [1.807, 2.05) is 13.8 Å². The second kappa shape index (κ2) is 5.42. The van der Waals surface area contributed by atoms with Crippen molar-refractivity contribution in [2.45, 2.75) is 19.4 Å². The molecule has 1 rings (SSSR count). The Balaban J connectivity index is 3.06. The number of benzene rings is 1. The second-order valence-corrected chi connectivity index (χ2v) is 4.91. The van der Waals surface area contributed by atoms with Crippen LogP contribution < -0.4 is 11.1 Å². The second-order valence-electron chi connectivity index (χ2n) is 4.47. The predicted octanol–water partition coefficient (Wildman–Crippen LogP) is 2.30. The summed E-state index contributed by atoms with van der Waals surface area (Å²) in [6.07, 6.45) is 0. The molecule has 0 aliphatic rings. The Morgan fingerprint density at radius 3 is 2.71 bits per heavy atom. The van der Waals surface area contributed by atoms with Gasteiger partial charge in [0.1, 0.15) is 10.8 Å². The molecule has 0 aliphatic carbocycles. The van der Waals surface area contributed by atoms with Crippen LogP contribution in [0.4, 0.5) is 10.1 Å². The molecule has 0 radical (unpaired) electrons. The van der Waals surface area contributed by atoms with E-state index in [1.165, 1.54) is 6.07 Å². The van der Waals surface area contributed by atoms with Crippen molar-refractivity contribution in [2.75, 3.05) is 19.0 Å². The zero-order valence-electron chi connectivity index (χ0n) is 10.2. The van der Waals surface area contributed by atoms with Crippen molar-refractivity contribution in [1.29, 1.82) is 0 Å². The molecule has 1 aromatic rings. The number of halogens is 1. The quantitative estimate of drug-likeness (QED) is 0.794. The molecule has 0 unspecified atom stereocenters. The number of nitrogens with one attached hydrogen (secondary N) is 1. The lowest BCUT2D eigenvalue weighted by Gasteiger charge is -2.27. The van der Waals surface area contributed by atoms with Gasteiger partial charge in [-0.2, -0.15) is 0 Å². The molecule has 0 aromatic heterocycles. The molecule has 0 aliphatic heterocycles. The molecular formula is C12H17FN2OS. The fourth-order valence-corrected chi connectivity index (χ4v) is 1.85. The number of anilines is 1. The lowest BCUT2D eigenvalue weighted by atomic mass is 10.0. The first kappa shape index (κ1) is 13.9. The van der Waals surface area contributed by atoms with Crippen LogP contribution in [-0.2, 0) is 4.74 Å². The Bertz CT molecular complexity index is 421. The van der Waals surface area contributed by atoms with Gasteiger partial charge in [-0.15, -0.1) is 0 Å². The molecule has 17 heavy (non-hydrogen) atoms. The molecule has 1 aromatic carbocycles. The maximum atomic E-state index is 13.6. The number of hydrogen-bond donors (Lipinski definition) is 2. The summed E-state index contributed by atoms with van der Waals surface area (Å²) in [7, 11) is 1.61. The standard InChI is InChI=1S/C12H17FN2OS/c1-12(2,7-16-3)15-9-6-4-5-8(13)10(9)11(14)17/h4-6,15H,7H2,1-3H3,(H2,14,17). The first-order valence-corrected chi connectivity index (χ1v) is 5.63. The van der Waals surface area contributed by atoms with Crippen molar-refractivity contribution in [1.82, 2.24) is 0 Å². The number of methoxy groups -OCH3 is 1. The van der Waals surface area contributed by atoms with Crippen LogP contribution in [0.5, 0.6) is 0 Å². The Morgan fingerprint density at radius 2 is 2.18 bits per heavy atom. The molecule has 0 atom stereocenters. The third-order valence-electron chi connectivity index (χ3n) is 2.24. The van der Waals surface area contributed by atoms with Crippen LogP contribution in [0.15, 0.2) is 18.2 Å². The van der Waals surface area contributed by atoms with Crippen LogP contribution in [0.3, 0.4) is 0 Å². The van der Waals surface area contributed by atoms with Gasteiger partial charge in [-0.05, 0) is 26.0 Å². The summed E-state index contributed by atoms with van der Waals surface area (Å²) < 4.78 is 18.7. The van der Waals surface area contributed by atoms with Gasteiger partial charge in [0.05, 0.1) is 17.7 Å². The van der Waals surface area contributed by atoms with E-state index >= 15 is 0 Å². The van der Waals surface area contributed by atoms with Crippen molar-refractivity contribution in [2.24, 2.45) is 5.73 Å². The minimum atomic E-state index is -0.421. The van der Waals surface area contributed by atoms with E-state index in [1.54, 1.807) is 19.2 Å². The number of hydrogen-bond acceptors (Lipinski definition) is 3. The smallest absolute Gasteiger partial charge is 0.135 e. The van der Waals surface area contributed by atoms with Gasteiger partial charge in [0.25, 0.3) is 0 Å². The fourth-order valence-electron chi connectivity index (χ4n) is 1.64. The fraction of sp³-hybridized carbons (Fsp3) is 0.417. The Hall–Kier alpha value is -1.20. The lowest BCUT2D eigenvalue weighted by molar-refractivity contribution is 0.158. The van der Waals surface area contributed by atoms with E-state index in [0.29, 0.717) is 12.3 Å². The van der Waals surface area contributed by atoms with Gasteiger partial charge in [-0.3, -0.25) is 0 Å². The largest absolute Gasteiger partial charge is 0.389 e. The monoisotopic (exact) mass is 256 g/mol. The summed E-state index contributed by atoms with van der Waals surface area (Å²) in [4.78, 5) is 0.0406. The van der Waals surface area contributed by atoms with E-state index in [0.717, 1.165) is 0 Å². The van der Waals surface area contributed by atoms with Crippen LogP contribution in [0.1, 0.15) is 19.4 Å². The summed E-state index contributed by atoms with van der Waals surface area (Å²) in [6.45, 7) is 4.38. The molecule has 5 heteroatoms. The van der Waals surface area contributed by atoms with Gasteiger partial charge in [0.2, 0.25) is 0 Å². The maximum absolute atomic E-state index is 13.6. The topological polar surface area (TPSA) is 47.3 Å². The third kappa shape index (κ3) is 3.64. The minimum Gasteiger partial charge on any atom is -0.389 e. The van der Waals surface area contributed by atoms with Crippen molar-refractivity contribution in [3.8, 4) is 0 Å². The van der Waals surface area contributed by atoms with Crippen LogP contribution >= 0.6 is 12.2 Å². The van der Waals surface area contributed by atoms with Gasteiger partial charge in [0, 0.05) is 12.8 Å². The minimum absolute atomic E-state index is 0.0406. The first-order valence-electron chi connectivity index (χ1n) is 5.23. The van der Waals surface area contributed by atoms with Crippen molar-refractivity contribution in [3.63, 3.8) is 0 Å². The number of thiocarbonyl (C=S) groups is 1. The SMILES string of the molecule is COCC(C)(C)Nc1cccc(F)c1C(N)=S. The van der Waals surface area contributed by atoms with Crippen molar-refractivity contribution >= 4 is 22.9 Å². The Labute approximate surface area is 106 Å². The highest BCUT2D eigenvalue weighted by molar-refractivity contribution is 7.80. The zero-order valence-corrected chi connectivity index (χ0v) is 11.0. The molecule has 94 valence electrons. The van der Waals surface area contributed by atoms with Crippen LogP contribution in [0.2, 0.25) is 0 Å². The van der Waals surface area contributed by atoms with Crippen molar-refractivity contribution in [3.05, 3.63) is 29.6 Å². The molecule has 0 amide bonds. The number of rotatable bonds is 5. The molecule has 3 nitrogen and oxygen atoms in total. The summed E-state index contributed by atoms with van der Waals surface area (Å²) in [6, 6.07) is 4.69. The highest BCUT2D eigenvalue weighted by Crippen LogP contribution is 2.22. The lowest BCUT2D eigenvalue weighted by Crippen LogP contribution is -2.36. The number of nitrogens with two attached hydrogens (primary N) is 1. The first-order chi connectivity index (χ1) is 7.87. The van der Waals surface area contributed by atoms with Gasteiger partial charge in [-0.25, -0.2) is 4.39 Å². The number of ether oxygens (including phenoxy) is 1. The zero-order chi connectivity index (χ0) is 13.1. The van der Waals surface area contributed by atoms with Crippen LogP contribution in [0, 0.1) is 5.82 Å². The van der Waals surface area contributed by atoms with Gasteiger partial charge >= 0.3 is 0 Å². The van der Waals surface area contributed by atoms with E-state index in [2.05, 4.69) is 5.32 Å². The normalized spacial score (nSPS) is 11.3. The summed E-state index contributed by atoms with van der Waals surface area (Å²) in [5.41, 5.74) is 6.02. The van der Waals surface area contributed by atoms with Crippen molar-refractivity contribution < 1.29 is 9.13 Å². The Morgan fingerprint density at radius 1 is 1.53 bits per heavy atom. The average Bonchev–Trinajstić information content (AvgIpc) is 2.15. The predicted molar refractivity (Wildman–Crippen MR) is 71.9 cm³/mol. The maximum Gasteiger partial charge on any atom is 0.135 e. The van der Waals surface area contributed by atoms with E-state index in [4.69, 9.17) is 22.7 Å².